The van der Waals surface area contributed by atoms with Gasteiger partial charge in [-0.1, -0.05) is 52.7 Å². The molecule has 0 saturated carbocycles. The molecule has 7 atom stereocenters. The molecule has 5 unspecified atom stereocenters. The standard InChI is InChI=1S/C22H45N3O5/c1-7-11-13-21(5,9-3)20-19(30-25)18(29-24)17(16(27-20)15-26-23)28-22(6,10-4)14-12-8-2/h8,12,16-20H,7,9-11,13-15,23-25H2,1-6H3/b12-8-/t16?,17?,18?,19?,20?,21-,22-/m0/s1. The Morgan fingerprint density at radius 1 is 0.967 bits per heavy atom. The topological polar surface area (TPSA) is 124 Å². The number of hydrogen-bond acceptors (Lipinski definition) is 8. The smallest absolute Gasteiger partial charge is 0.138 e. The molecule has 0 aromatic heterocycles. The van der Waals surface area contributed by atoms with Crippen molar-refractivity contribution in [1.82, 2.24) is 0 Å². The highest BCUT2D eigenvalue weighted by molar-refractivity contribution is 5.02. The average molecular weight is 432 g/mol. The first-order chi connectivity index (χ1) is 14.3. The summed E-state index contributed by atoms with van der Waals surface area (Å²) in [5.74, 6) is 17.0. The molecule has 1 heterocycles. The molecule has 1 aliphatic rings. The largest absolute Gasteiger partial charge is 0.366 e. The SMILES string of the molecule is C/C=C\C[C@](C)(CC)OC1C(CON)OC([C@@](C)(CC)CCCC)C(ON)C1ON. The molecule has 1 rings (SSSR count). The van der Waals surface area contributed by atoms with Gasteiger partial charge in [0.25, 0.3) is 0 Å². The number of hydrogen-bond donors (Lipinski definition) is 3. The van der Waals surface area contributed by atoms with Gasteiger partial charge < -0.3 is 14.3 Å². The van der Waals surface area contributed by atoms with E-state index in [1.165, 1.54) is 0 Å². The number of nitrogens with two attached hydrogens (primary N) is 3. The van der Waals surface area contributed by atoms with Crippen LogP contribution in [0, 0.1) is 5.41 Å². The van der Waals surface area contributed by atoms with Crippen molar-refractivity contribution >= 4 is 0 Å². The first-order valence-corrected chi connectivity index (χ1v) is 11.3. The highest BCUT2D eigenvalue weighted by Gasteiger charge is 2.54. The predicted molar refractivity (Wildman–Crippen MR) is 118 cm³/mol. The Hall–Kier alpha value is -0.580. The minimum absolute atomic E-state index is 0.148. The van der Waals surface area contributed by atoms with E-state index in [9.17, 15) is 0 Å². The van der Waals surface area contributed by atoms with Crippen LogP contribution < -0.4 is 17.7 Å². The molecule has 0 radical (unpaired) electrons. The van der Waals surface area contributed by atoms with E-state index < -0.39 is 30.0 Å². The second-order valence-electron chi connectivity index (χ2n) is 8.90. The molecule has 0 aliphatic carbocycles. The summed E-state index contributed by atoms with van der Waals surface area (Å²) >= 11 is 0. The Bertz CT molecular complexity index is 509. The van der Waals surface area contributed by atoms with Gasteiger partial charge in [0.2, 0.25) is 0 Å². The van der Waals surface area contributed by atoms with Gasteiger partial charge in [0, 0.05) is 0 Å². The summed E-state index contributed by atoms with van der Waals surface area (Å²) in [6.45, 7) is 12.8. The van der Waals surface area contributed by atoms with Crippen molar-refractivity contribution in [1.29, 1.82) is 0 Å². The van der Waals surface area contributed by atoms with Crippen molar-refractivity contribution in [2.75, 3.05) is 6.61 Å². The average Bonchev–Trinajstić information content (AvgIpc) is 2.76. The van der Waals surface area contributed by atoms with E-state index in [2.05, 4.69) is 40.7 Å². The Morgan fingerprint density at radius 2 is 1.63 bits per heavy atom. The number of allylic oxidation sites excluding steroid dienone is 1. The summed E-state index contributed by atoms with van der Waals surface area (Å²) in [4.78, 5) is 15.8. The molecule has 0 bridgehead atoms. The molecule has 0 aromatic rings. The molecule has 1 aliphatic heterocycles. The molecule has 1 saturated heterocycles. The molecule has 8 heteroatoms. The minimum Gasteiger partial charge on any atom is -0.366 e. The molecule has 0 amide bonds. The normalized spacial score (nSPS) is 31.6. The van der Waals surface area contributed by atoms with Gasteiger partial charge in [0.15, 0.2) is 0 Å². The number of ether oxygens (including phenoxy) is 2. The maximum absolute atomic E-state index is 6.55. The molecule has 0 spiro atoms. The van der Waals surface area contributed by atoms with Crippen LogP contribution in [0.5, 0.6) is 0 Å². The van der Waals surface area contributed by atoms with Crippen molar-refractivity contribution in [2.45, 2.75) is 116 Å². The monoisotopic (exact) mass is 431 g/mol. The zero-order valence-electron chi connectivity index (χ0n) is 19.8. The number of unbranched alkanes of at least 4 members (excludes halogenated alkanes) is 1. The van der Waals surface area contributed by atoms with Crippen LogP contribution in [-0.4, -0.2) is 42.7 Å². The first kappa shape index (κ1) is 27.5. The Balaban J connectivity index is 3.28. The van der Waals surface area contributed by atoms with Crippen LogP contribution in [0.15, 0.2) is 12.2 Å². The fourth-order valence-corrected chi connectivity index (χ4v) is 4.22. The van der Waals surface area contributed by atoms with Crippen LogP contribution in [0.3, 0.4) is 0 Å². The van der Waals surface area contributed by atoms with Crippen LogP contribution >= 0.6 is 0 Å². The van der Waals surface area contributed by atoms with E-state index in [1.807, 2.05) is 13.0 Å². The summed E-state index contributed by atoms with van der Waals surface area (Å²) in [5, 5.41) is 0. The lowest BCUT2D eigenvalue weighted by Crippen LogP contribution is -2.66. The molecule has 0 aromatic carbocycles. The summed E-state index contributed by atoms with van der Waals surface area (Å²) < 4.78 is 13.1. The van der Waals surface area contributed by atoms with Gasteiger partial charge in [-0.3, -0.25) is 9.68 Å². The van der Waals surface area contributed by atoms with Gasteiger partial charge in [0.05, 0.1) is 18.3 Å². The van der Waals surface area contributed by atoms with Crippen molar-refractivity contribution in [3.8, 4) is 0 Å². The first-order valence-electron chi connectivity index (χ1n) is 11.3. The summed E-state index contributed by atoms with van der Waals surface area (Å²) in [6, 6.07) is 0. The van der Waals surface area contributed by atoms with E-state index >= 15 is 0 Å². The Kier molecular flexibility index (Phi) is 12.0. The maximum Gasteiger partial charge on any atom is 0.138 e. The maximum atomic E-state index is 6.55. The van der Waals surface area contributed by atoms with Gasteiger partial charge >= 0.3 is 0 Å². The molecule has 178 valence electrons. The van der Waals surface area contributed by atoms with E-state index in [0.29, 0.717) is 0 Å². The van der Waals surface area contributed by atoms with Gasteiger partial charge in [0.1, 0.15) is 24.4 Å². The Labute approximate surface area is 182 Å². The molecular formula is C22H45N3O5. The van der Waals surface area contributed by atoms with Crippen LogP contribution in [0.2, 0.25) is 0 Å². The van der Waals surface area contributed by atoms with Gasteiger partial charge in [-0.25, -0.2) is 17.7 Å². The van der Waals surface area contributed by atoms with Crippen LogP contribution in [0.1, 0.15) is 80.1 Å². The van der Waals surface area contributed by atoms with Crippen LogP contribution in [-0.2, 0) is 24.0 Å². The van der Waals surface area contributed by atoms with Gasteiger partial charge in [-0.15, -0.1) is 0 Å². The molecule has 1 fully saturated rings. The molecular weight excluding hydrogens is 386 g/mol. The molecule has 30 heavy (non-hydrogen) atoms. The van der Waals surface area contributed by atoms with E-state index in [4.69, 9.17) is 41.7 Å². The van der Waals surface area contributed by atoms with Crippen molar-refractivity contribution in [3.05, 3.63) is 12.2 Å². The van der Waals surface area contributed by atoms with Crippen molar-refractivity contribution in [2.24, 2.45) is 23.1 Å². The summed E-state index contributed by atoms with van der Waals surface area (Å²) in [6.07, 6.45) is 7.09. The van der Waals surface area contributed by atoms with E-state index in [1.54, 1.807) is 0 Å². The minimum atomic E-state index is -0.627. The Morgan fingerprint density at radius 3 is 2.10 bits per heavy atom. The summed E-state index contributed by atoms with van der Waals surface area (Å²) in [7, 11) is 0. The second-order valence-corrected chi connectivity index (χ2v) is 8.90. The fourth-order valence-electron chi connectivity index (χ4n) is 4.22. The lowest BCUT2D eigenvalue weighted by atomic mass is 9.72. The highest BCUT2D eigenvalue weighted by Crippen LogP contribution is 2.43. The quantitative estimate of drug-likeness (QED) is 0.283. The molecule has 6 N–H and O–H groups in total. The zero-order chi connectivity index (χ0) is 22.8. The molecule has 8 nitrogen and oxygen atoms in total. The second kappa shape index (κ2) is 13.1. The van der Waals surface area contributed by atoms with E-state index in [-0.39, 0.29) is 18.1 Å². The highest BCUT2D eigenvalue weighted by atomic mass is 16.7. The lowest BCUT2D eigenvalue weighted by molar-refractivity contribution is -0.304. The summed E-state index contributed by atoms with van der Waals surface area (Å²) in [5.41, 5.74) is -0.611. The van der Waals surface area contributed by atoms with Crippen LogP contribution in [0.25, 0.3) is 0 Å². The van der Waals surface area contributed by atoms with Gasteiger partial charge in [-0.2, -0.15) is 0 Å². The lowest BCUT2D eigenvalue weighted by Gasteiger charge is -2.51. The number of rotatable bonds is 14. The zero-order valence-corrected chi connectivity index (χ0v) is 19.8. The third kappa shape index (κ3) is 6.71. The van der Waals surface area contributed by atoms with Gasteiger partial charge in [-0.05, 0) is 44.9 Å². The van der Waals surface area contributed by atoms with Crippen molar-refractivity contribution in [3.63, 3.8) is 0 Å². The third-order valence-electron chi connectivity index (χ3n) is 6.76. The van der Waals surface area contributed by atoms with E-state index in [0.717, 1.165) is 38.5 Å². The predicted octanol–water partition coefficient (Wildman–Crippen LogP) is 3.29. The fraction of sp³-hybridized carbons (Fsp3) is 0.909. The van der Waals surface area contributed by atoms with Crippen LogP contribution in [0.4, 0.5) is 0 Å². The van der Waals surface area contributed by atoms with Crippen molar-refractivity contribution < 1.29 is 24.0 Å². The third-order valence-corrected chi connectivity index (χ3v) is 6.76.